The van der Waals surface area contributed by atoms with Gasteiger partial charge >= 0.3 is 0 Å². The minimum absolute atomic E-state index is 0. The molecule has 1 aromatic heterocycles. The van der Waals surface area contributed by atoms with Crippen LogP contribution < -0.4 is 17.1 Å². The number of quaternary nitrogens is 1. The lowest BCUT2D eigenvalue weighted by Gasteiger charge is -2.51. The quantitative estimate of drug-likeness (QED) is 0.481. The number of benzene rings is 2. The second-order valence-electron chi connectivity index (χ2n) is 11.2. The third-order valence-corrected chi connectivity index (χ3v) is 8.98. The SMILES string of the molecule is OC(c1ccccc1)(c1cc(C[N+]23CCC(CC2)[C@@H](Oc2cccc(F)c2)C3)on1)C1CCCCC1.[Cl-]. The van der Waals surface area contributed by atoms with Gasteiger partial charge in [0.1, 0.15) is 36.0 Å². The van der Waals surface area contributed by atoms with E-state index in [-0.39, 0.29) is 30.2 Å². The van der Waals surface area contributed by atoms with Crippen molar-refractivity contribution < 1.29 is 35.6 Å². The van der Waals surface area contributed by atoms with E-state index in [2.05, 4.69) is 5.16 Å². The van der Waals surface area contributed by atoms with Gasteiger partial charge in [-0.25, -0.2) is 4.39 Å². The standard InChI is InChI=1S/C30H36FN2O3.ClH/c31-25-12-7-13-26(18-25)35-28-21-33(16-14-22(28)15-17-33)20-27-19-29(32-36-27)30(34,23-8-3-1-4-9-23)24-10-5-2-6-11-24;/h1,3-4,7-9,12-13,18-19,22,24,28,34H,2,5-6,10-11,14-17,20-21H2;1H/q+1;/p-1/t22?,28-,30?,33?;/m0./s1. The van der Waals surface area contributed by atoms with Crippen LogP contribution in [-0.2, 0) is 12.1 Å². The van der Waals surface area contributed by atoms with E-state index in [4.69, 9.17) is 9.26 Å². The molecule has 2 aromatic carbocycles. The van der Waals surface area contributed by atoms with Gasteiger partial charge in [-0.3, -0.25) is 0 Å². The van der Waals surface area contributed by atoms with Gasteiger partial charge in [0.25, 0.3) is 0 Å². The van der Waals surface area contributed by atoms with Gasteiger partial charge in [-0.05, 0) is 36.5 Å². The van der Waals surface area contributed by atoms with Crippen LogP contribution in [0.3, 0.4) is 0 Å². The van der Waals surface area contributed by atoms with Crippen molar-refractivity contribution in [3.63, 3.8) is 0 Å². The zero-order chi connectivity index (χ0) is 24.6. The Balaban J connectivity index is 0.00000280. The van der Waals surface area contributed by atoms with E-state index in [1.165, 1.54) is 18.6 Å². The van der Waals surface area contributed by atoms with Crippen molar-refractivity contribution in [1.82, 2.24) is 5.16 Å². The number of hydrogen-bond donors (Lipinski definition) is 1. The van der Waals surface area contributed by atoms with Crippen molar-refractivity contribution in [1.29, 1.82) is 0 Å². The summed E-state index contributed by atoms with van der Waals surface area (Å²) in [4.78, 5) is 0. The van der Waals surface area contributed by atoms with Gasteiger partial charge in [-0.1, -0.05) is 60.8 Å². The van der Waals surface area contributed by atoms with Crippen molar-refractivity contribution in [2.75, 3.05) is 19.6 Å². The Bertz CT molecular complexity index is 1170. The number of aromatic nitrogens is 1. The molecule has 4 fully saturated rings. The summed E-state index contributed by atoms with van der Waals surface area (Å²) in [5.41, 5.74) is 0.390. The average Bonchev–Trinajstić information content (AvgIpc) is 3.38. The molecular weight excluding hydrogens is 491 g/mol. The van der Waals surface area contributed by atoms with E-state index in [1.54, 1.807) is 6.07 Å². The van der Waals surface area contributed by atoms with Gasteiger partial charge in [0.15, 0.2) is 11.9 Å². The molecule has 0 radical (unpaired) electrons. The molecule has 1 N–H and O–H groups in total. The molecule has 3 aliphatic heterocycles. The lowest BCUT2D eigenvalue weighted by atomic mass is 9.71. The molecule has 4 heterocycles. The van der Waals surface area contributed by atoms with Crippen LogP contribution in [-0.4, -0.2) is 40.5 Å². The highest BCUT2D eigenvalue weighted by Crippen LogP contribution is 2.44. The Morgan fingerprint density at radius 2 is 1.73 bits per heavy atom. The molecule has 1 saturated carbocycles. The van der Waals surface area contributed by atoms with Crippen LogP contribution >= 0.6 is 0 Å². The molecular formula is C30H36ClFN2O3. The van der Waals surface area contributed by atoms with Gasteiger partial charge in [-0.2, -0.15) is 0 Å². The molecule has 1 aliphatic carbocycles. The minimum atomic E-state index is -1.14. The van der Waals surface area contributed by atoms with Gasteiger partial charge < -0.3 is 31.3 Å². The summed E-state index contributed by atoms with van der Waals surface area (Å²) in [6, 6.07) is 18.4. The lowest BCUT2D eigenvalue weighted by molar-refractivity contribution is -0.959. The van der Waals surface area contributed by atoms with E-state index in [9.17, 15) is 9.50 Å². The third-order valence-electron chi connectivity index (χ3n) is 8.98. The van der Waals surface area contributed by atoms with Gasteiger partial charge in [0.05, 0.1) is 13.1 Å². The van der Waals surface area contributed by atoms with E-state index in [0.717, 1.165) is 80.5 Å². The Morgan fingerprint density at radius 3 is 2.46 bits per heavy atom. The minimum Gasteiger partial charge on any atom is -1.00 e. The second kappa shape index (κ2) is 10.8. The highest BCUT2D eigenvalue weighted by atomic mass is 35.5. The van der Waals surface area contributed by atoms with Gasteiger partial charge in [0, 0.05) is 30.9 Å². The maximum atomic E-state index is 13.7. The van der Waals surface area contributed by atoms with Crippen LogP contribution in [0.1, 0.15) is 62.0 Å². The molecule has 7 heteroatoms. The van der Waals surface area contributed by atoms with Crippen molar-refractivity contribution in [2.45, 2.75) is 63.2 Å². The summed E-state index contributed by atoms with van der Waals surface area (Å²) < 4.78 is 26.8. The highest BCUT2D eigenvalue weighted by molar-refractivity contribution is 5.33. The fourth-order valence-corrected chi connectivity index (χ4v) is 6.99. The van der Waals surface area contributed by atoms with Crippen molar-refractivity contribution in [3.8, 4) is 5.75 Å². The molecule has 0 spiro atoms. The van der Waals surface area contributed by atoms with Crippen LogP contribution in [0.4, 0.5) is 4.39 Å². The average molecular weight is 527 g/mol. The number of hydrogen-bond acceptors (Lipinski definition) is 4. The van der Waals surface area contributed by atoms with E-state index >= 15 is 0 Å². The lowest BCUT2D eigenvalue weighted by Crippen LogP contribution is -3.00. The van der Waals surface area contributed by atoms with Crippen molar-refractivity contribution >= 4 is 0 Å². The maximum Gasteiger partial charge on any atom is 0.191 e. The molecule has 3 aromatic rings. The molecule has 198 valence electrons. The number of piperidine rings is 3. The molecule has 2 atom stereocenters. The Morgan fingerprint density at radius 1 is 0.973 bits per heavy atom. The summed E-state index contributed by atoms with van der Waals surface area (Å²) in [7, 11) is 0. The fourth-order valence-electron chi connectivity index (χ4n) is 6.99. The Kier molecular flexibility index (Phi) is 7.62. The summed E-state index contributed by atoms with van der Waals surface area (Å²) in [5.74, 6) is 1.80. The summed E-state index contributed by atoms with van der Waals surface area (Å²) >= 11 is 0. The summed E-state index contributed by atoms with van der Waals surface area (Å²) in [6.45, 7) is 3.77. The molecule has 3 saturated heterocycles. The van der Waals surface area contributed by atoms with Gasteiger partial charge in [-0.15, -0.1) is 0 Å². The first-order valence-corrected chi connectivity index (χ1v) is 13.6. The summed E-state index contributed by atoms with van der Waals surface area (Å²) in [5, 5.41) is 16.6. The number of nitrogens with zero attached hydrogens (tertiary/aromatic N) is 2. The zero-order valence-corrected chi connectivity index (χ0v) is 22.0. The topological polar surface area (TPSA) is 55.5 Å². The van der Waals surface area contributed by atoms with Crippen LogP contribution in [0.15, 0.2) is 65.2 Å². The molecule has 2 bridgehead atoms. The van der Waals surface area contributed by atoms with Crippen LogP contribution in [0, 0.1) is 17.7 Å². The van der Waals surface area contributed by atoms with E-state index < -0.39 is 5.60 Å². The van der Waals surface area contributed by atoms with Crippen LogP contribution in [0.2, 0.25) is 0 Å². The fraction of sp³-hybridized carbons (Fsp3) is 0.500. The summed E-state index contributed by atoms with van der Waals surface area (Å²) in [6.07, 6.45) is 7.75. The predicted molar refractivity (Wildman–Crippen MR) is 135 cm³/mol. The first-order chi connectivity index (χ1) is 17.5. The van der Waals surface area contributed by atoms with E-state index in [0.29, 0.717) is 17.4 Å². The predicted octanol–water partition coefficient (Wildman–Crippen LogP) is 2.82. The zero-order valence-electron chi connectivity index (χ0n) is 21.2. The maximum absolute atomic E-state index is 13.7. The largest absolute Gasteiger partial charge is 1.00 e. The Hall–Kier alpha value is -2.41. The monoisotopic (exact) mass is 526 g/mol. The van der Waals surface area contributed by atoms with Crippen LogP contribution in [0.5, 0.6) is 5.75 Å². The second-order valence-corrected chi connectivity index (χ2v) is 11.2. The Labute approximate surface area is 224 Å². The first-order valence-electron chi connectivity index (χ1n) is 13.6. The highest BCUT2D eigenvalue weighted by Gasteiger charge is 2.48. The van der Waals surface area contributed by atoms with Crippen LogP contribution in [0.25, 0.3) is 0 Å². The molecule has 1 unspecified atom stereocenters. The number of aliphatic hydroxyl groups is 1. The molecule has 7 rings (SSSR count). The third kappa shape index (κ3) is 5.16. The number of halogens is 2. The number of fused-ring (bicyclic) bond motifs is 3. The number of ether oxygens (including phenoxy) is 1. The van der Waals surface area contributed by atoms with Crippen molar-refractivity contribution in [3.05, 3.63) is 83.5 Å². The molecule has 0 amide bonds. The normalized spacial score (nSPS) is 27.3. The molecule has 37 heavy (non-hydrogen) atoms. The number of rotatable bonds is 7. The van der Waals surface area contributed by atoms with Gasteiger partial charge in [0.2, 0.25) is 0 Å². The smallest absolute Gasteiger partial charge is 0.191 e. The van der Waals surface area contributed by atoms with E-state index in [1.807, 2.05) is 42.5 Å². The first kappa shape index (κ1) is 26.2. The van der Waals surface area contributed by atoms with Crippen molar-refractivity contribution in [2.24, 2.45) is 11.8 Å². The molecule has 4 aliphatic rings. The molecule has 5 nitrogen and oxygen atoms in total.